The van der Waals surface area contributed by atoms with E-state index in [9.17, 15) is 58.5 Å². The van der Waals surface area contributed by atoms with Gasteiger partial charge in [0.15, 0.2) is 17.9 Å². The van der Waals surface area contributed by atoms with Crippen molar-refractivity contribution in [3.05, 3.63) is 57.8 Å². The molecule has 22 N–H and O–H groups in total. The normalized spacial score (nSPS) is 22.4. The van der Waals surface area contributed by atoms with E-state index in [2.05, 4.69) is 41.6 Å². The van der Waals surface area contributed by atoms with Crippen LogP contribution < -0.4 is 66.7 Å². The van der Waals surface area contributed by atoms with E-state index in [-0.39, 0.29) is 133 Å². The van der Waals surface area contributed by atoms with E-state index in [1.54, 1.807) is 35.7 Å². The molecule has 33 heteroatoms. The fourth-order valence-electron chi connectivity index (χ4n) is 12.7. The van der Waals surface area contributed by atoms with Crippen molar-refractivity contribution in [3.63, 3.8) is 0 Å². The molecule has 1 aromatic heterocycles. The number of rotatable bonds is 30. The molecule has 4 fully saturated rings. The highest BCUT2D eigenvalue weighted by Crippen LogP contribution is 2.43. The zero-order valence-electron chi connectivity index (χ0n) is 50.7. The maximum atomic E-state index is 15.2. The number of aliphatic imine (C=N–C) groups is 3. The molecule has 0 spiro atoms. The Labute approximate surface area is 529 Å². The molecule has 32 nitrogen and oxygen atoms in total. The van der Waals surface area contributed by atoms with Crippen molar-refractivity contribution in [1.82, 2.24) is 46.2 Å². The second kappa shape index (κ2) is 32.9. The highest BCUT2D eigenvalue weighted by molar-refractivity contribution is 7.09. The fourth-order valence-corrected chi connectivity index (χ4v) is 13.5. The fraction of sp³-hybridized carbons (Fsp3) is 0.603. The Bertz CT molecular complexity index is 3030. The molecule has 1 aliphatic carbocycles. The van der Waals surface area contributed by atoms with Gasteiger partial charge in [0, 0.05) is 69.4 Å². The number of nitrogens with zero attached hydrogens (tertiary/aromatic N) is 7. The van der Waals surface area contributed by atoms with Gasteiger partial charge in [0.05, 0.1) is 25.3 Å². The lowest BCUT2D eigenvalue weighted by molar-refractivity contribution is -0.153. The predicted molar refractivity (Wildman–Crippen MR) is 333 cm³/mol. The number of aliphatic carboxylic acids is 1. The highest BCUT2D eigenvalue weighted by atomic mass is 32.1. The van der Waals surface area contributed by atoms with Gasteiger partial charge < -0.3 is 102 Å². The molecule has 1 aromatic carbocycles. The number of hydrogen-bond acceptors (Lipinski definition) is 17. The summed E-state index contributed by atoms with van der Waals surface area (Å²) < 4.78 is 0. The number of aliphatic hydroxyl groups excluding tert-OH is 2. The lowest BCUT2D eigenvalue weighted by Crippen LogP contribution is -2.62. The molecular weight excluding hydrogens is 1200 g/mol. The van der Waals surface area contributed by atoms with Crippen molar-refractivity contribution >= 4 is 88.3 Å². The van der Waals surface area contributed by atoms with E-state index in [0.717, 1.165) is 23.3 Å². The van der Waals surface area contributed by atoms with Crippen LogP contribution in [-0.2, 0) is 67.3 Å². The number of aliphatic hydroxyl groups is 2. The van der Waals surface area contributed by atoms with Gasteiger partial charge in [-0.3, -0.25) is 58.1 Å². The van der Waals surface area contributed by atoms with Crippen molar-refractivity contribution in [2.24, 2.45) is 61.0 Å². The summed E-state index contributed by atoms with van der Waals surface area (Å²) in [5, 5.41) is 46.6. The maximum Gasteiger partial charge on any atom is 0.326 e. The molecule has 7 rings (SSSR count). The van der Waals surface area contributed by atoms with Crippen LogP contribution in [0.1, 0.15) is 99.5 Å². The number of guanidine groups is 3. The Balaban J connectivity index is 1.01. The summed E-state index contributed by atoms with van der Waals surface area (Å²) in [6.45, 7) is -1.46. The Hall–Kier alpha value is -8.69. The van der Waals surface area contributed by atoms with Gasteiger partial charge in [-0.2, -0.15) is 0 Å². The second-order valence-corrected chi connectivity index (χ2v) is 24.6. The summed E-state index contributed by atoms with van der Waals surface area (Å²) in [6, 6.07) is -1.06. The molecule has 4 aliphatic heterocycles. The molecule has 9 amide bonds. The first kappa shape index (κ1) is 69.8. The third-order valence-electron chi connectivity index (χ3n) is 17.2. The first-order valence-corrected chi connectivity index (χ1v) is 31.6. The maximum absolute atomic E-state index is 15.2. The SMILES string of the molecule is NC(N)=NCCC[C@@H](N)C(=O)N[C@@H](CCCN=C(N)N)C(=O)N1CCC[C@H]1C(=O)N1C[C@@H](O)C[C@H]1C(=O)NCC(=O)N[C@@H](Cc1cccs1)C(=O)N[C@H](CO)C(=O)N1Cc2ccccc2C[C@@H]1C(=O)N1C2CCCC2C[C@H]1C(=O)N[C@@H](CCCN=C(N)N)C(=O)O. The van der Waals surface area contributed by atoms with Gasteiger partial charge in [-0.1, -0.05) is 36.8 Å². The zero-order valence-corrected chi connectivity index (χ0v) is 51.6. The van der Waals surface area contributed by atoms with E-state index < -0.39 is 133 Å². The monoisotopic (exact) mass is 1290 g/mol. The number of β-amino-alcohol motifs (C(OH)–C–C–N with tert-alkyl or cyclic N) is 1. The molecule has 5 heterocycles. The van der Waals surface area contributed by atoms with Crippen LogP contribution in [0.25, 0.3) is 0 Å². The van der Waals surface area contributed by atoms with Crippen LogP contribution in [-0.4, -0.2) is 224 Å². The lowest BCUT2D eigenvalue weighted by Gasteiger charge is -2.41. The van der Waals surface area contributed by atoms with Crippen LogP contribution in [0.3, 0.4) is 0 Å². The van der Waals surface area contributed by atoms with Gasteiger partial charge in [0.2, 0.25) is 53.2 Å². The smallest absolute Gasteiger partial charge is 0.326 e. The van der Waals surface area contributed by atoms with Crippen LogP contribution in [0, 0.1) is 5.92 Å². The molecule has 91 heavy (non-hydrogen) atoms. The van der Waals surface area contributed by atoms with Crippen LogP contribution in [0.15, 0.2) is 56.8 Å². The van der Waals surface area contributed by atoms with Gasteiger partial charge >= 0.3 is 5.97 Å². The largest absolute Gasteiger partial charge is 0.480 e. The molecule has 2 unspecified atom stereocenters. The average molecular weight is 1290 g/mol. The summed E-state index contributed by atoms with van der Waals surface area (Å²) in [5.74, 6) is -8.34. The summed E-state index contributed by atoms with van der Waals surface area (Å²) in [7, 11) is 0. The van der Waals surface area contributed by atoms with Crippen LogP contribution in [0.4, 0.5) is 0 Å². The number of benzene rings is 1. The quantitative estimate of drug-likeness (QED) is 0.0197. The molecule has 2 aromatic rings. The van der Waals surface area contributed by atoms with Crippen molar-refractivity contribution in [2.45, 2.75) is 169 Å². The third kappa shape index (κ3) is 18.7. The van der Waals surface area contributed by atoms with Crippen LogP contribution >= 0.6 is 11.3 Å². The third-order valence-corrected chi connectivity index (χ3v) is 18.1. The van der Waals surface area contributed by atoms with E-state index in [4.69, 9.17) is 40.1 Å². The molecule has 0 radical (unpaired) electrons. The summed E-state index contributed by atoms with van der Waals surface area (Å²) in [4.78, 5) is 159. The minimum absolute atomic E-state index is 0.00000960. The van der Waals surface area contributed by atoms with Gasteiger partial charge in [-0.05, 0) is 99.1 Å². The van der Waals surface area contributed by atoms with Crippen LogP contribution in [0.2, 0.25) is 0 Å². The van der Waals surface area contributed by atoms with E-state index in [1.165, 1.54) is 26.0 Å². The van der Waals surface area contributed by atoms with E-state index >= 15 is 4.79 Å². The number of carboxylic acids is 1. The molecule has 5 aliphatic rings. The summed E-state index contributed by atoms with van der Waals surface area (Å²) in [6.07, 6.45) is 2.56. The molecule has 0 bridgehead atoms. The number of carboxylic acid groups (broad SMARTS) is 1. The van der Waals surface area contributed by atoms with Crippen molar-refractivity contribution in [2.75, 3.05) is 45.9 Å². The van der Waals surface area contributed by atoms with Crippen LogP contribution in [0.5, 0.6) is 0 Å². The first-order valence-electron chi connectivity index (χ1n) is 30.7. The topological polar surface area (TPSA) is 524 Å². The van der Waals surface area contributed by atoms with Gasteiger partial charge in [-0.25, -0.2) is 4.79 Å². The van der Waals surface area contributed by atoms with Gasteiger partial charge in [0.25, 0.3) is 0 Å². The average Bonchev–Trinajstić information content (AvgIpc) is 1.72. The number of thiophene rings is 1. The number of amides is 9. The number of nitrogens with two attached hydrogens (primary N) is 7. The predicted octanol–water partition coefficient (Wildman–Crippen LogP) is -5.41. The molecular formula is C58H87N19O13S. The van der Waals surface area contributed by atoms with Crippen molar-refractivity contribution < 1.29 is 63.3 Å². The second-order valence-electron chi connectivity index (χ2n) is 23.6. The molecule has 12 atom stereocenters. The number of nitrogens with one attached hydrogen (secondary N) is 5. The number of hydrogen-bond donors (Lipinski definition) is 15. The Morgan fingerprint density at radius 2 is 1.26 bits per heavy atom. The first-order chi connectivity index (χ1) is 43.4. The Morgan fingerprint density at radius 1 is 0.626 bits per heavy atom. The number of fused-ring (bicyclic) bond motifs is 2. The lowest BCUT2D eigenvalue weighted by atomic mass is 9.92. The standard InChI is InChI=1S/C58H87N19O13S/c59-36(13-4-18-66-56(60)61)47(81)71-37(14-5-19-67-57(62)63)51(85)74-21-7-17-42(74)53(87)76-29-34(79)25-43(76)49(83)69-27-46(80)70-39(26-35-12-8-22-91-35)48(82)73-40(30-78)52(86)75-28-33-10-2-1-9-31(33)23-45(75)54(88)77-41-16-3-11-32(41)24-44(77)50(84)72-38(55(89)90)15-6-20-68-58(64)65/h1-2,8-10,12,22,32,34,36-45,78-79H,3-7,11,13-21,23-30,59H2,(H,69,83)(H,70,80)(H,71,81)(H,72,84)(H,73,82)(H,89,90)(H4,60,61,66)(H4,62,63,67)(H4,64,65,68)/t32?,34-,36+,37-,38-,39-,40+,41?,42-,43-,44-,45+/m0/s1. The summed E-state index contributed by atoms with van der Waals surface area (Å²) in [5.41, 5.74) is 40.3. The zero-order chi connectivity index (χ0) is 66.1. The Kier molecular flexibility index (Phi) is 25.2. The Morgan fingerprint density at radius 3 is 1.90 bits per heavy atom. The minimum atomic E-state index is -1.66. The van der Waals surface area contributed by atoms with Gasteiger partial charge in [0.1, 0.15) is 48.3 Å². The molecule has 1 saturated carbocycles. The molecule has 3 saturated heterocycles. The molecule has 498 valence electrons. The van der Waals surface area contributed by atoms with Crippen molar-refractivity contribution in [3.8, 4) is 0 Å². The summed E-state index contributed by atoms with van der Waals surface area (Å²) >= 11 is 1.27. The number of carbonyl (C=O) groups is 10. The van der Waals surface area contributed by atoms with Crippen molar-refractivity contribution in [1.29, 1.82) is 0 Å². The highest BCUT2D eigenvalue weighted by Gasteiger charge is 2.53. The number of likely N-dealkylation sites (tertiary alicyclic amines) is 3. The van der Waals surface area contributed by atoms with E-state index in [1.807, 2.05) is 6.07 Å². The van der Waals surface area contributed by atoms with E-state index in [0.29, 0.717) is 29.7 Å². The van der Waals surface area contributed by atoms with Gasteiger partial charge in [-0.15, -0.1) is 11.3 Å². The number of carbonyl (C=O) groups excluding carboxylic acids is 9. The minimum Gasteiger partial charge on any atom is -0.480 e.